The monoisotopic (exact) mass is 266 g/mol. The summed E-state index contributed by atoms with van der Waals surface area (Å²) in [7, 11) is 0. The number of nitrogens with one attached hydrogen (secondary N) is 1. The maximum atomic E-state index is 6.09. The Hall–Kier alpha value is 0.160. The molecule has 1 aliphatic heterocycles. The molecule has 0 radical (unpaired) electrons. The van der Waals surface area contributed by atoms with Gasteiger partial charge in [0.1, 0.15) is 0 Å². The zero-order valence-corrected chi connectivity index (χ0v) is 10.3. The van der Waals surface area contributed by atoms with Crippen LogP contribution in [0.1, 0.15) is 18.0 Å². The van der Waals surface area contributed by atoms with Crippen LogP contribution in [0.5, 0.6) is 0 Å². The van der Waals surface area contributed by atoms with E-state index in [9.17, 15) is 0 Å². The molecule has 0 spiro atoms. The molecule has 1 aromatic rings. The highest BCUT2D eigenvalue weighted by Crippen LogP contribution is 2.39. The summed E-state index contributed by atoms with van der Waals surface area (Å²) in [6.45, 7) is 1.51. The quantitative estimate of drug-likeness (QED) is 0.653. The molecule has 0 amide bonds. The standard InChI is InChI=1S/C9H12Cl2N2OS/c10-7-3-6(9(11)15-7)8(13-12)5-1-2-14-4-5/h3,5,8,13H,1-2,4,12H2. The Morgan fingerprint density at radius 3 is 2.87 bits per heavy atom. The van der Waals surface area contributed by atoms with Crippen LogP contribution < -0.4 is 11.3 Å². The van der Waals surface area contributed by atoms with Crippen molar-refractivity contribution in [3.8, 4) is 0 Å². The number of thiophene rings is 1. The predicted molar refractivity (Wildman–Crippen MR) is 63.3 cm³/mol. The van der Waals surface area contributed by atoms with Crippen LogP contribution in [-0.2, 0) is 4.74 Å². The van der Waals surface area contributed by atoms with E-state index in [2.05, 4.69) is 5.43 Å². The number of hydrazine groups is 1. The lowest BCUT2D eigenvalue weighted by Crippen LogP contribution is -2.33. The summed E-state index contributed by atoms with van der Waals surface area (Å²) in [6.07, 6.45) is 0.999. The molecule has 1 fully saturated rings. The third-order valence-corrected chi connectivity index (χ3v) is 4.15. The molecular formula is C9H12Cl2N2OS. The summed E-state index contributed by atoms with van der Waals surface area (Å²) in [5, 5.41) is 0. The fourth-order valence-electron chi connectivity index (χ4n) is 1.86. The first-order valence-corrected chi connectivity index (χ1v) is 6.28. The SMILES string of the molecule is NNC(c1cc(Cl)sc1Cl)C1CCOC1. The number of halogens is 2. The highest BCUT2D eigenvalue weighted by atomic mass is 35.5. The molecule has 0 saturated carbocycles. The highest BCUT2D eigenvalue weighted by molar-refractivity contribution is 7.20. The van der Waals surface area contributed by atoms with Gasteiger partial charge in [0.15, 0.2) is 0 Å². The van der Waals surface area contributed by atoms with Crippen molar-refractivity contribution in [3.05, 3.63) is 20.3 Å². The van der Waals surface area contributed by atoms with Gasteiger partial charge in [-0.25, -0.2) is 0 Å². The molecule has 2 rings (SSSR count). The summed E-state index contributed by atoms with van der Waals surface area (Å²) in [5.74, 6) is 5.93. The fraction of sp³-hybridized carbons (Fsp3) is 0.556. The molecule has 0 aromatic carbocycles. The number of rotatable bonds is 3. The zero-order valence-electron chi connectivity index (χ0n) is 8.00. The molecule has 0 bridgehead atoms. The second kappa shape index (κ2) is 4.99. The molecule has 6 heteroatoms. The molecule has 2 heterocycles. The second-order valence-electron chi connectivity index (χ2n) is 3.55. The van der Waals surface area contributed by atoms with Gasteiger partial charge in [-0.1, -0.05) is 23.2 Å². The Bertz CT molecular complexity index is 339. The molecule has 84 valence electrons. The maximum Gasteiger partial charge on any atom is 0.0992 e. The second-order valence-corrected chi connectivity index (χ2v) is 5.83. The third kappa shape index (κ3) is 2.46. The highest BCUT2D eigenvalue weighted by Gasteiger charge is 2.28. The first-order valence-electron chi connectivity index (χ1n) is 4.71. The van der Waals surface area contributed by atoms with Gasteiger partial charge in [-0.3, -0.25) is 11.3 Å². The summed E-state index contributed by atoms with van der Waals surface area (Å²) in [4.78, 5) is 0. The van der Waals surface area contributed by atoms with Gasteiger partial charge < -0.3 is 4.74 Å². The lowest BCUT2D eigenvalue weighted by molar-refractivity contribution is 0.177. The first kappa shape index (κ1) is 11.6. The van der Waals surface area contributed by atoms with Crippen molar-refractivity contribution < 1.29 is 4.74 Å². The minimum atomic E-state index is 0.0312. The predicted octanol–water partition coefficient (Wildman–Crippen LogP) is 2.60. The molecule has 3 nitrogen and oxygen atoms in total. The van der Waals surface area contributed by atoms with E-state index in [1.165, 1.54) is 11.3 Å². The average molecular weight is 267 g/mol. The Balaban J connectivity index is 2.21. The fourth-order valence-corrected chi connectivity index (χ4v) is 3.41. The maximum absolute atomic E-state index is 6.09. The summed E-state index contributed by atoms with van der Waals surface area (Å²) in [6, 6.07) is 1.90. The normalized spacial score (nSPS) is 23.3. The Morgan fingerprint density at radius 1 is 1.60 bits per heavy atom. The van der Waals surface area contributed by atoms with Gasteiger partial charge in [-0.05, 0) is 12.5 Å². The van der Waals surface area contributed by atoms with Gasteiger partial charge in [0.25, 0.3) is 0 Å². The topological polar surface area (TPSA) is 47.3 Å². The molecule has 15 heavy (non-hydrogen) atoms. The largest absolute Gasteiger partial charge is 0.381 e. The van der Waals surface area contributed by atoms with E-state index in [0.29, 0.717) is 14.6 Å². The third-order valence-electron chi connectivity index (χ3n) is 2.63. The number of nitrogens with two attached hydrogens (primary N) is 1. The summed E-state index contributed by atoms with van der Waals surface area (Å²) >= 11 is 13.4. The minimum Gasteiger partial charge on any atom is -0.381 e. The van der Waals surface area contributed by atoms with Gasteiger partial charge >= 0.3 is 0 Å². The lowest BCUT2D eigenvalue weighted by Gasteiger charge is -2.20. The van der Waals surface area contributed by atoms with Crippen LogP contribution in [0.2, 0.25) is 8.67 Å². The van der Waals surface area contributed by atoms with Crippen molar-refractivity contribution in [2.75, 3.05) is 13.2 Å². The van der Waals surface area contributed by atoms with E-state index < -0.39 is 0 Å². The first-order chi connectivity index (χ1) is 7.22. The van der Waals surface area contributed by atoms with Crippen molar-refractivity contribution >= 4 is 34.5 Å². The molecule has 2 unspecified atom stereocenters. The van der Waals surface area contributed by atoms with E-state index in [1.807, 2.05) is 6.07 Å². The molecule has 1 saturated heterocycles. The van der Waals surface area contributed by atoms with Crippen LogP contribution in [0.25, 0.3) is 0 Å². The van der Waals surface area contributed by atoms with E-state index in [4.69, 9.17) is 33.8 Å². The Labute approximate surface area is 102 Å². The van der Waals surface area contributed by atoms with Crippen LogP contribution >= 0.6 is 34.5 Å². The number of hydrogen-bond acceptors (Lipinski definition) is 4. The molecule has 1 aromatic heterocycles. The van der Waals surface area contributed by atoms with Crippen molar-refractivity contribution in [2.24, 2.45) is 11.8 Å². The van der Waals surface area contributed by atoms with Crippen molar-refractivity contribution in [3.63, 3.8) is 0 Å². The molecular weight excluding hydrogens is 255 g/mol. The van der Waals surface area contributed by atoms with Crippen molar-refractivity contribution in [1.29, 1.82) is 0 Å². The molecule has 2 atom stereocenters. The zero-order chi connectivity index (χ0) is 10.8. The van der Waals surface area contributed by atoms with Crippen LogP contribution in [0.3, 0.4) is 0 Å². The van der Waals surface area contributed by atoms with Gasteiger partial charge in [0.05, 0.1) is 21.3 Å². The molecule has 3 N–H and O–H groups in total. The summed E-state index contributed by atoms with van der Waals surface area (Å²) < 4.78 is 6.73. The molecule has 1 aliphatic rings. The van der Waals surface area contributed by atoms with E-state index >= 15 is 0 Å². The van der Waals surface area contributed by atoms with E-state index in [0.717, 1.165) is 25.2 Å². The Morgan fingerprint density at radius 2 is 2.40 bits per heavy atom. The van der Waals surface area contributed by atoms with Gasteiger partial charge in [0, 0.05) is 18.1 Å². The number of ether oxygens (including phenoxy) is 1. The average Bonchev–Trinajstić information content (AvgIpc) is 2.79. The van der Waals surface area contributed by atoms with Gasteiger partial charge in [-0.15, -0.1) is 11.3 Å². The van der Waals surface area contributed by atoms with Crippen molar-refractivity contribution in [2.45, 2.75) is 12.5 Å². The molecule has 0 aliphatic carbocycles. The van der Waals surface area contributed by atoms with E-state index in [-0.39, 0.29) is 6.04 Å². The smallest absolute Gasteiger partial charge is 0.0992 e. The van der Waals surface area contributed by atoms with E-state index in [1.54, 1.807) is 0 Å². The van der Waals surface area contributed by atoms with Crippen LogP contribution in [0.4, 0.5) is 0 Å². The van der Waals surface area contributed by atoms with Gasteiger partial charge in [-0.2, -0.15) is 0 Å². The lowest BCUT2D eigenvalue weighted by atomic mass is 9.95. The van der Waals surface area contributed by atoms with Crippen LogP contribution in [0, 0.1) is 5.92 Å². The minimum absolute atomic E-state index is 0.0312. The Kier molecular flexibility index (Phi) is 3.88. The van der Waals surface area contributed by atoms with Crippen molar-refractivity contribution in [1.82, 2.24) is 5.43 Å². The summed E-state index contributed by atoms with van der Waals surface area (Å²) in [5.41, 5.74) is 3.77. The van der Waals surface area contributed by atoms with Crippen LogP contribution in [-0.4, -0.2) is 13.2 Å². The van der Waals surface area contributed by atoms with Gasteiger partial charge in [0.2, 0.25) is 0 Å². The number of hydrogen-bond donors (Lipinski definition) is 2. The van der Waals surface area contributed by atoms with Crippen LogP contribution in [0.15, 0.2) is 6.07 Å².